The number of aryl methyl sites for hydroxylation is 1. The molecule has 4 rings (SSSR count). The van der Waals surface area contributed by atoms with E-state index >= 15 is 0 Å². The molecule has 9 heteroatoms. The molecule has 0 radical (unpaired) electrons. The van der Waals surface area contributed by atoms with Crippen LogP contribution >= 0.6 is 22.9 Å². The van der Waals surface area contributed by atoms with Crippen molar-refractivity contribution in [3.63, 3.8) is 0 Å². The van der Waals surface area contributed by atoms with E-state index in [1.54, 1.807) is 11.3 Å². The lowest BCUT2D eigenvalue weighted by atomic mass is 10.0. The maximum Gasteiger partial charge on any atom is 0.317 e. The van der Waals surface area contributed by atoms with Crippen molar-refractivity contribution in [2.45, 2.75) is 32.2 Å². The minimum absolute atomic E-state index is 0.262. The van der Waals surface area contributed by atoms with E-state index < -0.39 is 18.4 Å². The van der Waals surface area contributed by atoms with E-state index in [0.29, 0.717) is 0 Å². The third-order valence-electron chi connectivity index (χ3n) is 5.80. The van der Waals surface area contributed by atoms with Gasteiger partial charge in [-0.2, -0.15) is 0 Å². The third kappa shape index (κ3) is 6.91. The summed E-state index contributed by atoms with van der Waals surface area (Å²) in [6.07, 6.45) is 1.93. The topological polar surface area (TPSA) is 83.0 Å². The number of carboxylic acids is 1. The average molecular weight is 502 g/mol. The molecule has 0 atom stereocenters. The minimum Gasteiger partial charge on any atom is -0.481 e. The Labute approximate surface area is 207 Å². The smallest absolute Gasteiger partial charge is 0.317 e. The highest BCUT2D eigenvalue weighted by Gasteiger charge is 2.20. The Kier molecular flexibility index (Phi) is 8.37. The summed E-state index contributed by atoms with van der Waals surface area (Å²) in [5.41, 5.74) is 3.57. The quantitative estimate of drug-likeness (QED) is 0.247. The molecule has 7 nitrogen and oxygen atoms in total. The molecule has 2 heterocycles. The summed E-state index contributed by atoms with van der Waals surface area (Å²) in [6.45, 7) is 5.06. The number of fused-ring (bicyclic) bond motifs is 1. The molecular weight excluding hydrogens is 474 g/mol. The monoisotopic (exact) mass is 501 g/mol. The third-order valence-corrected chi connectivity index (χ3v) is 7.11. The predicted molar refractivity (Wildman–Crippen MR) is 135 cm³/mol. The number of hydrogen-bond acceptors (Lipinski definition) is 7. The molecule has 1 aliphatic heterocycles. The van der Waals surface area contributed by atoms with Crippen molar-refractivity contribution in [1.29, 1.82) is 0 Å². The van der Waals surface area contributed by atoms with Gasteiger partial charge in [-0.05, 0) is 48.6 Å². The molecule has 3 aromatic rings. The molecule has 0 spiro atoms. The van der Waals surface area contributed by atoms with Crippen LogP contribution in [0.1, 0.15) is 30.4 Å². The maximum absolute atomic E-state index is 11.3. The van der Waals surface area contributed by atoms with Gasteiger partial charge in [0.25, 0.3) is 0 Å². The lowest BCUT2D eigenvalue weighted by molar-refractivity contribution is -0.151. The Balaban J connectivity index is 1.20. The van der Waals surface area contributed by atoms with Gasteiger partial charge in [-0.15, -0.1) is 0 Å². The summed E-state index contributed by atoms with van der Waals surface area (Å²) in [5, 5.41) is 10.4. The Bertz CT molecular complexity index is 1140. The van der Waals surface area contributed by atoms with Crippen LogP contribution in [0.25, 0.3) is 10.2 Å². The molecule has 1 saturated heterocycles. The number of carboxylic acid groups (broad SMARTS) is 1. The van der Waals surface area contributed by atoms with Gasteiger partial charge in [0.15, 0.2) is 5.13 Å². The largest absolute Gasteiger partial charge is 0.481 e. The molecule has 1 aliphatic rings. The van der Waals surface area contributed by atoms with E-state index in [1.807, 2.05) is 18.2 Å². The number of unbranched alkanes of at least 4 members (excludes halogenated alkanes) is 1. The SMILES string of the molecule is O=C(O)CC(=O)OCCCCc1cccc(CN2CCN(c3nc4ccc(Cl)cc4s3)CC2)c1. The van der Waals surface area contributed by atoms with Crippen molar-refractivity contribution in [2.24, 2.45) is 0 Å². The number of carbonyl (C=O) groups excluding carboxylic acids is 1. The molecule has 0 unspecified atom stereocenters. The zero-order valence-corrected chi connectivity index (χ0v) is 20.5. The highest BCUT2D eigenvalue weighted by Crippen LogP contribution is 2.31. The lowest BCUT2D eigenvalue weighted by Gasteiger charge is -2.34. The van der Waals surface area contributed by atoms with Crippen molar-refractivity contribution >= 4 is 50.2 Å². The highest BCUT2D eigenvalue weighted by molar-refractivity contribution is 7.22. The van der Waals surface area contributed by atoms with Gasteiger partial charge in [-0.3, -0.25) is 14.5 Å². The first-order valence-corrected chi connectivity index (χ1v) is 12.6. The number of nitrogens with zero attached hydrogens (tertiary/aromatic N) is 3. The standard InChI is InChI=1S/C25H28ClN3O4S/c26-20-7-8-21-22(15-20)34-25(27-21)29-11-9-28(10-12-29)17-19-6-3-5-18(14-19)4-1-2-13-33-24(32)16-23(30)31/h3,5-8,14-15H,1-2,4,9-13,16-17H2,(H,30,31). The molecule has 34 heavy (non-hydrogen) atoms. The van der Waals surface area contributed by atoms with E-state index in [9.17, 15) is 9.59 Å². The molecule has 1 fully saturated rings. The summed E-state index contributed by atoms with van der Waals surface area (Å²) in [4.78, 5) is 31.3. The Morgan fingerprint density at radius 1 is 1.06 bits per heavy atom. The highest BCUT2D eigenvalue weighted by atomic mass is 35.5. The number of rotatable bonds is 10. The second kappa shape index (κ2) is 11.6. The minimum atomic E-state index is -1.16. The summed E-state index contributed by atoms with van der Waals surface area (Å²) < 4.78 is 6.06. The fourth-order valence-electron chi connectivity index (χ4n) is 4.05. The van der Waals surface area contributed by atoms with Crippen LogP contribution in [-0.2, 0) is 27.3 Å². The average Bonchev–Trinajstić information content (AvgIpc) is 3.22. The van der Waals surface area contributed by atoms with Gasteiger partial charge in [-0.25, -0.2) is 4.98 Å². The molecule has 1 aromatic heterocycles. The normalized spacial score (nSPS) is 14.4. The molecular formula is C25H28ClN3O4S. The van der Waals surface area contributed by atoms with E-state index in [0.717, 1.165) is 72.4 Å². The van der Waals surface area contributed by atoms with Gasteiger partial charge in [0.1, 0.15) is 6.42 Å². The number of anilines is 1. The van der Waals surface area contributed by atoms with Crippen molar-refractivity contribution in [3.8, 4) is 0 Å². The fourth-order valence-corrected chi connectivity index (χ4v) is 5.35. The van der Waals surface area contributed by atoms with Crippen LogP contribution < -0.4 is 4.90 Å². The van der Waals surface area contributed by atoms with E-state index in [1.165, 1.54) is 11.1 Å². The zero-order chi connectivity index (χ0) is 23.9. The van der Waals surface area contributed by atoms with Gasteiger partial charge in [-0.1, -0.05) is 47.2 Å². The fraction of sp³-hybridized carbons (Fsp3) is 0.400. The van der Waals surface area contributed by atoms with Crippen LogP contribution in [-0.4, -0.2) is 59.7 Å². The van der Waals surface area contributed by atoms with Crippen LogP contribution in [0.2, 0.25) is 5.02 Å². The number of carbonyl (C=O) groups is 2. The summed E-state index contributed by atoms with van der Waals surface area (Å²) >= 11 is 7.81. The van der Waals surface area contributed by atoms with E-state index in [4.69, 9.17) is 26.4 Å². The molecule has 0 amide bonds. The van der Waals surface area contributed by atoms with Crippen molar-refractivity contribution in [1.82, 2.24) is 9.88 Å². The van der Waals surface area contributed by atoms with Crippen LogP contribution in [0.3, 0.4) is 0 Å². The lowest BCUT2D eigenvalue weighted by Crippen LogP contribution is -2.45. The van der Waals surface area contributed by atoms with Crippen LogP contribution in [0.4, 0.5) is 5.13 Å². The van der Waals surface area contributed by atoms with Gasteiger partial charge >= 0.3 is 11.9 Å². The van der Waals surface area contributed by atoms with E-state index in [2.05, 4.69) is 34.1 Å². The molecule has 0 saturated carbocycles. The second-order valence-electron chi connectivity index (χ2n) is 8.44. The van der Waals surface area contributed by atoms with E-state index in [-0.39, 0.29) is 6.61 Å². The number of thiazole rings is 1. The van der Waals surface area contributed by atoms with Gasteiger partial charge in [0.2, 0.25) is 0 Å². The number of halogens is 1. The number of aromatic nitrogens is 1. The number of hydrogen-bond donors (Lipinski definition) is 1. The second-order valence-corrected chi connectivity index (χ2v) is 9.89. The number of esters is 1. The molecule has 0 aliphatic carbocycles. The van der Waals surface area contributed by atoms with Crippen molar-refractivity contribution in [3.05, 3.63) is 58.6 Å². The Hall–Kier alpha value is -2.68. The first kappa shape index (κ1) is 24.4. The summed E-state index contributed by atoms with van der Waals surface area (Å²) in [5.74, 6) is -1.84. The maximum atomic E-state index is 11.3. The number of benzene rings is 2. The molecule has 180 valence electrons. The number of aliphatic carboxylic acids is 1. The van der Waals surface area contributed by atoms with Gasteiger partial charge < -0.3 is 14.7 Å². The first-order chi connectivity index (χ1) is 16.5. The molecule has 1 N–H and O–H groups in total. The van der Waals surface area contributed by atoms with Crippen LogP contribution in [0.15, 0.2) is 42.5 Å². The van der Waals surface area contributed by atoms with Gasteiger partial charge in [0, 0.05) is 37.7 Å². The van der Waals surface area contributed by atoms with Gasteiger partial charge in [0.05, 0.1) is 16.8 Å². The molecule has 2 aromatic carbocycles. The van der Waals surface area contributed by atoms with Crippen molar-refractivity contribution in [2.75, 3.05) is 37.7 Å². The zero-order valence-electron chi connectivity index (χ0n) is 18.9. The number of ether oxygens (including phenoxy) is 1. The Morgan fingerprint density at radius 2 is 1.85 bits per heavy atom. The van der Waals surface area contributed by atoms with Crippen LogP contribution in [0, 0.1) is 0 Å². The molecule has 0 bridgehead atoms. The Morgan fingerprint density at radius 3 is 2.65 bits per heavy atom. The number of piperazine rings is 1. The first-order valence-electron chi connectivity index (χ1n) is 11.4. The summed E-state index contributed by atoms with van der Waals surface area (Å²) in [6, 6.07) is 14.5. The summed E-state index contributed by atoms with van der Waals surface area (Å²) in [7, 11) is 0. The van der Waals surface area contributed by atoms with Crippen LogP contribution in [0.5, 0.6) is 0 Å². The predicted octanol–water partition coefficient (Wildman–Crippen LogP) is 4.61. The van der Waals surface area contributed by atoms with Crippen molar-refractivity contribution < 1.29 is 19.4 Å².